The second-order valence-corrected chi connectivity index (χ2v) is 7.35. The Kier molecular flexibility index (Phi) is 3.20. The summed E-state index contributed by atoms with van der Waals surface area (Å²) >= 11 is 0. The maximum atomic E-state index is 10.7. The zero-order chi connectivity index (χ0) is 16.0. The van der Waals surface area contributed by atoms with Crippen molar-refractivity contribution in [2.45, 2.75) is 61.6 Å². The molecule has 24 heavy (non-hydrogen) atoms. The molecule has 0 aliphatic carbocycles. The van der Waals surface area contributed by atoms with Gasteiger partial charge >= 0.3 is 13.8 Å². The van der Waals surface area contributed by atoms with Crippen LogP contribution < -0.4 is 0 Å². The summed E-state index contributed by atoms with van der Waals surface area (Å²) in [6, 6.07) is -0.383. The fourth-order valence-corrected chi connectivity index (χ4v) is 4.74. The van der Waals surface area contributed by atoms with E-state index < -0.39 is 38.4 Å². The monoisotopic (exact) mass is 340 g/mol. The van der Waals surface area contributed by atoms with E-state index >= 15 is 0 Å². The lowest BCUT2D eigenvalue weighted by molar-refractivity contribution is -0.276. The van der Waals surface area contributed by atoms with Crippen molar-refractivity contribution in [3.8, 4) is 0 Å². The van der Waals surface area contributed by atoms with E-state index in [0.717, 1.165) is 6.42 Å². The summed E-state index contributed by atoms with van der Waals surface area (Å²) in [6.07, 6.45) is -2.58. The Balaban J connectivity index is 1.18. The first-order valence-corrected chi connectivity index (χ1v) is 8.56. The first-order valence-electron chi connectivity index (χ1n) is 8.56. The summed E-state index contributed by atoms with van der Waals surface area (Å²) in [6.45, 7) is -0.00871. The predicted molar refractivity (Wildman–Crippen MR) is 75.5 cm³/mol. The van der Waals surface area contributed by atoms with Crippen LogP contribution in [0.25, 0.3) is 0 Å². The SMILES string of the molecule is OB(B1OC2C3COC(O3)C(O1)C2O)C1OC2C3OCC(CC12)O3. The molecule has 0 saturated carbocycles. The third kappa shape index (κ3) is 1.93. The molecule has 6 fully saturated rings. The van der Waals surface area contributed by atoms with Gasteiger partial charge in [-0.25, -0.2) is 0 Å². The van der Waals surface area contributed by atoms with Gasteiger partial charge < -0.3 is 43.1 Å². The third-order valence-corrected chi connectivity index (χ3v) is 5.97. The highest BCUT2D eigenvalue weighted by Crippen LogP contribution is 2.45. The predicted octanol–water partition coefficient (Wildman–Crippen LogP) is -2.50. The zero-order valence-electron chi connectivity index (χ0n) is 12.8. The summed E-state index contributed by atoms with van der Waals surface area (Å²) in [5, 5.41) is 21.0. The fourth-order valence-electron chi connectivity index (χ4n) is 4.74. The van der Waals surface area contributed by atoms with Crippen molar-refractivity contribution in [3.05, 3.63) is 0 Å². The van der Waals surface area contributed by atoms with E-state index in [1.165, 1.54) is 0 Å². The van der Waals surface area contributed by atoms with Gasteiger partial charge in [0.1, 0.15) is 24.4 Å². The van der Waals surface area contributed by atoms with Crippen LogP contribution in [0.1, 0.15) is 6.42 Å². The molecule has 6 heterocycles. The van der Waals surface area contributed by atoms with E-state index in [1.54, 1.807) is 0 Å². The Morgan fingerprint density at radius 3 is 2.62 bits per heavy atom. The van der Waals surface area contributed by atoms with Gasteiger partial charge in [0, 0.05) is 5.92 Å². The van der Waals surface area contributed by atoms with Gasteiger partial charge in [-0.3, -0.25) is 0 Å². The van der Waals surface area contributed by atoms with Crippen LogP contribution in [-0.2, 0) is 33.0 Å². The van der Waals surface area contributed by atoms with Crippen molar-refractivity contribution in [2.24, 2.45) is 5.92 Å². The van der Waals surface area contributed by atoms with Crippen molar-refractivity contribution in [3.63, 3.8) is 0 Å². The number of hydrogen-bond donors (Lipinski definition) is 2. The highest BCUT2D eigenvalue weighted by molar-refractivity contribution is 7.13. The Bertz CT molecular complexity index is 520. The molecule has 0 spiro atoms. The molecule has 6 rings (SSSR count). The number of rotatable bonds is 2. The normalized spacial score (nSPS) is 57.5. The average molecular weight is 340 g/mol. The smallest absolute Gasteiger partial charge is 0.449 e. The van der Waals surface area contributed by atoms with Crippen LogP contribution in [0, 0.1) is 5.92 Å². The largest absolute Gasteiger partial charge is 0.450 e. The van der Waals surface area contributed by atoms with Crippen LogP contribution in [0.4, 0.5) is 0 Å². The molecule has 0 aromatic rings. The molecule has 6 aliphatic heterocycles. The van der Waals surface area contributed by atoms with Gasteiger partial charge in [-0.1, -0.05) is 0 Å². The lowest BCUT2D eigenvalue weighted by atomic mass is 9.30. The van der Waals surface area contributed by atoms with E-state index in [0.29, 0.717) is 13.2 Å². The molecule has 6 aliphatic rings. The van der Waals surface area contributed by atoms with Crippen molar-refractivity contribution in [1.82, 2.24) is 0 Å². The standard InChI is InChI=1S/C13H18B2O9/c16-7-9-6-3-19-13(21-6)10(7)24-15(23-9)14(17)11-5-1-4-2-18-12(20-4)8(5)22-11/h4-13,16-17H,1-3H2. The second-order valence-electron chi connectivity index (χ2n) is 7.35. The van der Waals surface area contributed by atoms with Gasteiger partial charge in [0.25, 0.3) is 0 Å². The number of ether oxygens (including phenoxy) is 5. The van der Waals surface area contributed by atoms with Gasteiger partial charge in [0.15, 0.2) is 12.6 Å². The molecule has 0 aromatic carbocycles. The lowest BCUT2D eigenvalue weighted by Crippen LogP contribution is -2.72. The molecule has 0 radical (unpaired) electrons. The Labute approximate surface area is 138 Å². The van der Waals surface area contributed by atoms with Crippen LogP contribution in [0.2, 0.25) is 0 Å². The Hall–Kier alpha value is -0.230. The topological polar surface area (TPSA) is 105 Å². The number of aliphatic hydroxyl groups is 1. The third-order valence-electron chi connectivity index (χ3n) is 5.97. The maximum absolute atomic E-state index is 10.7. The molecule has 11 heteroatoms. The molecule has 6 bridgehead atoms. The lowest BCUT2D eigenvalue weighted by Gasteiger charge is -2.52. The van der Waals surface area contributed by atoms with E-state index in [2.05, 4.69) is 0 Å². The van der Waals surface area contributed by atoms with E-state index in [4.69, 9.17) is 33.0 Å². The van der Waals surface area contributed by atoms with Gasteiger partial charge in [-0.2, -0.15) is 0 Å². The fraction of sp³-hybridized carbons (Fsp3) is 1.00. The molecule has 10 unspecified atom stereocenters. The highest BCUT2D eigenvalue weighted by atomic mass is 16.8. The van der Waals surface area contributed by atoms with E-state index in [1.807, 2.05) is 0 Å². The molecule has 0 aromatic heterocycles. The summed E-state index contributed by atoms with van der Waals surface area (Å²) < 4.78 is 39.7. The Morgan fingerprint density at radius 1 is 0.917 bits per heavy atom. The second kappa shape index (κ2) is 5.15. The number of fused-ring (bicyclic) bond motifs is 10. The molecule has 2 N–H and O–H groups in total. The van der Waals surface area contributed by atoms with Crippen LogP contribution >= 0.6 is 0 Å². The minimum Gasteiger partial charge on any atom is -0.450 e. The molecular formula is C13H18B2O9. The van der Waals surface area contributed by atoms with Crippen molar-refractivity contribution >= 4 is 13.8 Å². The quantitative estimate of drug-likeness (QED) is 0.528. The summed E-state index contributed by atoms with van der Waals surface area (Å²) in [4.78, 5) is 0. The van der Waals surface area contributed by atoms with Crippen LogP contribution in [0.15, 0.2) is 0 Å². The number of hydrogen-bond acceptors (Lipinski definition) is 9. The van der Waals surface area contributed by atoms with E-state index in [-0.39, 0.29) is 36.5 Å². The average Bonchev–Trinajstić information content (AvgIpc) is 3.16. The first-order chi connectivity index (χ1) is 11.7. The van der Waals surface area contributed by atoms with Crippen molar-refractivity contribution in [2.75, 3.05) is 13.2 Å². The van der Waals surface area contributed by atoms with Gasteiger partial charge in [0.2, 0.25) is 0 Å². The van der Waals surface area contributed by atoms with Crippen molar-refractivity contribution < 1.29 is 43.1 Å². The van der Waals surface area contributed by atoms with Gasteiger partial charge in [-0.05, 0) is 6.42 Å². The molecule has 0 amide bonds. The maximum Gasteiger partial charge on any atom is 0.449 e. The molecule has 10 atom stereocenters. The summed E-state index contributed by atoms with van der Waals surface area (Å²) in [5.74, 6) is 0.161. The van der Waals surface area contributed by atoms with Gasteiger partial charge in [-0.15, -0.1) is 0 Å². The van der Waals surface area contributed by atoms with E-state index in [9.17, 15) is 10.1 Å². The molecule has 6 saturated heterocycles. The van der Waals surface area contributed by atoms with Gasteiger partial charge in [0.05, 0.1) is 31.4 Å². The molecule has 9 nitrogen and oxygen atoms in total. The van der Waals surface area contributed by atoms with Crippen LogP contribution in [-0.4, -0.2) is 92.4 Å². The molecule has 130 valence electrons. The summed E-state index contributed by atoms with van der Waals surface area (Å²) in [5.41, 5.74) is 0. The minimum absolute atomic E-state index is 0.0712. The van der Waals surface area contributed by atoms with Crippen molar-refractivity contribution in [1.29, 1.82) is 0 Å². The highest BCUT2D eigenvalue weighted by Gasteiger charge is 2.64. The first kappa shape index (κ1) is 14.9. The van der Waals surface area contributed by atoms with Crippen LogP contribution in [0.5, 0.6) is 0 Å². The zero-order valence-corrected chi connectivity index (χ0v) is 12.8. The summed E-state index contributed by atoms with van der Waals surface area (Å²) in [7, 11) is -0.869. The Morgan fingerprint density at radius 2 is 1.71 bits per heavy atom. The molecular weight excluding hydrogens is 322 g/mol. The minimum atomic E-state index is -0.946. The number of aliphatic hydroxyl groups excluding tert-OH is 1. The van der Waals surface area contributed by atoms with Crippen LogP contribution in [0.3, 0.4) is 0 Å².